The summed E-state index contributed by atoms with van der Waals surface area (Å²) in [4.78, 5) is 38.9. The molecule has 7 heteroatoms. The molecule has 1 aliphatic heterocycles. The van der Waals surface area contributed by atoms with E-state index in [9.17, 15) is 14.4 Å². The van der Waals surface area contributed by atoms with Crippen LogP contribution in [0.4, 0.5) is 11.4 Å². The molecule has 1 saturated heterocycles. The van der Waals surface area contributed by atoms with Crippen LogP contribution in [0.15, 0.2) is 48.5 Å². The topological polar surface area (TPSA) is 75.7 Å². The molecular formula is C22H23ClN2O4. The van der Waals surface area contributed by atoms with Crippen molar-refractivity contribution in [1.82, 2.24) is 0 Å². The molecular weight excluding hydrogens is 392 g/mol. The Morgan fingerprint density at radius 1 is 1.24 bits per heavy atom. The summed E-state index contributed by atoms with van der Waals surface area (Å²) in [5, 5.41) is 3.15. The van der Waals surface area contributed by atoms with Crippen LogP contribution in [0, 0.1) is 5.92 Å². The van der Waals surface area contributed by atoms with Crippen LogP contribution in [0.3, 0.4) is 0 Å². The molecule has 0 unspecified atom stereocenters. The van der Waals surface area contributed by atoms with E-state index in [2.05, 4.69) is 5.32 Å². The van der Waals surface area contributed by atoms with Crippen molar-refractivity contribution in [3.8, 4) is 0 Å². The van der Waals surface area contributed by atoms with Gasteiger partial charge in [0.25, 0.3) is 5.91 Å². The normalized spacial score (nSPS) is 17.1. The van der Waals surface area contributed by atoms with Gasteiger partial charge in [-0.05, 0) is 43.2 Å². The van der Waals surface area contributed by atoms with E-state index in [0.717, 1.165) is 17.7 Å². The molecule has 0 saturated carbocycles. The number of esters is 1. The molecule has 1 fully saturated rings. The van der Waals surface area contributed by atoms with Gasteiger partial charge in [-0.2, -0.15) is 0 Å². The van der Waals surface area contributed by atoms with Gasteiger partial charge in [-0.1, -0.05) is 42.8 Å². The minimum Gasteiger partial charge on any atom is -0.452 e. The Balaban J connectivity index is 1.60. The van der Waals surface area contributed by atoms with Crippen molar-refractivity contribution in [1.29, 1.82) is 0 Å². The number of benzene rings is 2. The van der Waals surface area contributed by atoms with E-state index < -0.39 is 23.9 Å². The first-order valence-electron chi connectivity index (χ1n) is 9.54. The predicted molar refractivity (Wildman–Crippen MR) is 112 cm³/mol. The average molecular weight is 415 g/mol. The third-order valence-electron chi connectivity index (χ3n) is 4.88. The lowest BCUT2D eigenvalue weighted by molar-refractivity contribution is -0.157. The monoisotopic (exact) mass is 414 g/mol. The summed E-state index contributed by atoms with van der Waals surface area (Å²) < 4.78 is 5.32. The second kappa shape index (κ2) is 9.09. The highest BCUT2D eigenvalue weighted by molar-refractivity contribution is 6.30. The van der Waals surface area contributed by atoms with E-state index in [1.807, 2.05) is 31.2 Å². The van der Waals surface area contributed by atoms with Crippen molar-refractivity contribution >= 4 is 40.8 Å². The van der Waals surface area contributed by atoms with Gasteiger partial charge < -0.3 is 15.0 Å². The number of para-hydroxylation sites is 1. The lowest BCUT2D eigenvalue weighted by atomic mass is 10.1. The maximum Gasteiger partial charge on any atom is 0.312 e. The van der Waals surface area contributed by atoms with E-state index in [1.54, 1.807) is 29.2 Å². The summed E-state index contributed by atoms with van der Waals surface area (Å²) in [5.74, 6) is -1.74. The van der Waals surface area contributed by atoms with E-state index in [1.165, 1.54) is 6.92 Å². The zero-order valence-electron chi connectivity index (χ0n) is 16.4. The lowest BCUT2D eigenvalue weighted by Crippen LogP contribution is -2.33. The largest absolute Gasteiger partial charge is 0.452 e. The van der Waals surface area contributed by atoms with Crippen LogP contribution in [0.2, 0.25) is 5.02 Å². The van der Waals surface area contributed by atoms with Gasteiger partial charge in [0.2, 0.25) is 5.91 Å². The molecule has 2 aromatic carbocycles. The van der Waals surface area contributed by atoms with Gasteiger partial charge in [-0.15, -0.1) is 0 Å². The Labute approximate surface area is 174 Å². The number of carbonyl (C=O) groups excluding carboxylic acids is 3. The maximum absolute atomic E-state index is 12.5. The molecule has 0 spiro atoms. The first kappa shape index (κ1) is 20.9. The number of rotatable bonds is 6. The van der Waals surface area contributed by atoms with Crippen LogP contribution < -0.4 is 10.2 Å². The second-order valence-electron chi connectivity index (χ2n) is 6.97. The number of halogens is 1. The van der Waals surface area contributed by atoms with Gasteiger partial charge in [-0.3, -0.25) is 14.4 Å². The Morgan fingerprint density at radius 2 is 2.00 bits per heavy atom. The number of anilines is 2. The Hall–Kier alpha value is -2.86. The fourth-order valence-electron chi connectivity index (χ4n) is 3.31. The van der Waals surface area contributed by atoms with Crippen molar-refractivity contribution in [3.63, 3.8) is 0 Å². The molecule has 29 heavy (non-hydrogen) atoms. The van der Waals surface area contributed by atoms with Crippen LogP contribution in [0.25, 0.3) is 0 Å². The summed E-state index contributed by atoms with van der Waals surface area (Å²) in [6.07, 6.45) is -0.136. The minimum atomic E-state index is -0.992. The standard InChI is InChI=1S/C22H23ClN2O4/c1-3-15-7-4-5-10-19(15)25-13-16(11-20(25)26)22(28)29-14(2)21(27)24-18-9-6-8-17(23)12-18/h4-10,12,14,16H,3,11,13H2,1-2H3,(H,24,27)/t14-,16+/m0/s1. The molecule has 6 nitrogen and oxygen atoms in total. The van der Waals surface area contributed by atoms with E-state index in [4.69, 9.17) is 16.3 Å². The summed E-state index contributed by atoms with van der Waals surface area (Å²) in [6, 6.07) is 14.3. The summed E-state index contributed by atoms with van der Waals surface area (Å²) in [5.41, 5.74) is 2.38. The van der Waals surface area contributed by atoms with Gasteiger partial charge in [0.15, 0.2) is 6.10 Å². The van der Waals surface area contributed by atoms with Crippen molar-refractivity contribution in [3.05, 3.63) is 59.1 Å². The van der Waals surface area contributed by atoms with Crippen molar-refractivity contribution in [2.75, 3.05) is 16.8 Å². The highest BCUT2D eigenvalue weighted by Gasteiger charge is 2.37. The first-order valence-corrected chi connectivity index (χ1v) is 9.92. The zero-order chi connectivity index (χ0) is 21.0. The molecule has 1 N–H and O–H groups in total. The van der Waals surface area contributed by atoms with E-state index in [0.29, 0.717) is 10.7 Å². The number of carbonyl (C=O) groups is 3. The molecule has 0 aromatic heterocycles. The lowest BCUT2D eigenvalue weighted by Gasteiger charge is -2.20. The highest BCUT2D eigenvalue weighted by Crippen LogP contribution is 2.29. The van der Waals surface area contributed by atoms with Crippen LogP contribution in [0.5, 0.6) is 0 Å². The molecule has 0 aliphatic carbocycles. The van der Waals surface area contributed by atoms with Gasteiger partial charge in [-0.25, -0.2) is 0 Å². The van der Waals surface area contributed by atoms with Crippen LogP contribution in [0.1, 0.15) is 25.8 Å². The number of hydrogen-bond acceptors (Lipinski definition) is 4. The Kier molecular flexibility index (Phi) is 6.54. The molecule has 2 atom stereocenters. The Bertz CT molecular complexity index is 931. The number of hydrogen-bond donors (Lipinski definition) is 1. The van der Waals surface area contributed by atoms with Gasteiger partial charge >= 0.3 is 5.97 Å². The molecule has 1 aliphatic rings. The molecule has 2 amide bonds. The zero-order valence-corrected chi connectivity index (χ0v) is 17.1. The molecule has 0 radical (unpaired) electrons. The summed E-state index contributed by atoms with van der Waals surface area (Å²) in [7, 11) is 0. The smallest absolute Gasteiger partial charge is 0.312 e. The van der Waals surface area contributed by atoms with Gasteiger partial charge in [0.1, 0.15) is 0 Å². The molecule has 0 bridgehead atoms. The molecule has 3 rings (SSSR count). The van der Waals surface area contributed by atoms with Crippen LogP contribution in [-0.2, 0) is 25.5 Å². The summed E-state index contributed by atoms with van der Waals surface area (Å²) >= 11 is 5.90. The van der Waals surface area contributed by atoms with Crippen LogP contribution in [-0.4, -0.2) is 30.4 Å². The third-order valence-corrected chi connectivity index (χ3v) is 5.11. The fourth-order valence-corrected chi connectivity index (χ4v) is 3.50. The van der Waals surface area contributed by atoms with Gasteiger partial charge in [0.05, 0.1) is 5.92 Å². The van der Waals surface area contributed by atoms with Gasteiger partial charge in [0, 0.05) is 29.4 Å². The highest BCUT2D eigenvalue weighted by atomic mass is 35.5. The number of nitrogens with one attached hydrogen (secondary N) is 1. The maximum atomic E-state index is 12.5. The second-order valence-corrected chi connectivity index (χ2v) is 7.40. The quantitative estimate of drug-likeness (QED) is 0.729. The van der Waals surface area contributed by atoms with Crippen molar-refractivity contribution < 1.29 is 19.1 Å². The van der Waals surface area contributed by atoms with Crippen molar-refractivity contribution in [2.45, 2.75) is 32.8 Å². The molecule has 2 aromatic rings. The first-order chi connectivity index (χ1) is 13.9. The predicted octanol–water partition coefficient (Wildman–Crippen LogP) is 3.83. The number of nitrogens with zero attached hydrogens (tertiary/aromatic N) is 1. The Morgan fingerprint density at radius 3 is 2.72 bits per heavy atom. The SMILES string of the molecule is CCc1ccccc1N1C[C@H](C(=O)O[C@@H](C)C(=O)Nc2cccc(Cl)c2)CC1=O. The number of aryl methyl sites for hydroxylation is 1. The molecule has 152 valence electrons. The third kappa shape index (κ3) is 4.95. The van der Waals surface area contributed by atoms with E-state index in [-0.39, 0.29) is 18.9 Å². The van der Waals surface area contributed by atoms with E-state index >= 15 is 0 Å². The molecule has 1 heterocycles. The number of amides is 2. The summed E-state index contributed by atoms with van der Waals surface area (Å²) in [6.45, 7) is 3.77. The fraction of sp³-hybridized carbons (Fsp3) is 0.318. The van der Waals surface area contributed by atoms with Crippen LogP contribution >= 0.6 is 11.6 Å². The van der Waals surface area contributed by atoms with Crippen molar-refractivity contribution in [2.24, 2.45) is 5.92 Å². The minimum absolute atomic E-state index is 0.0690. The average Bonchev–Trinajstić information content (AvgIpc) is 3.09. The number of ether oxygens (including phenoxy) is 1.